The lowest BCUT2D eigenvalue weighted by atomic mass is 10.1. The first-order valence-corrected chi connectivity index (χ1v) is 12.5. The molecule has 0 aliphatic rings. The average molecular weight is 345 g/mol. The van der Waals surface area contributed by atoms with Gasteiger partial charge in [-0.25, -0.2) is 0 Å². The van der Waals surface area contributed by atoms with Gasteiger partial charge >= 0.3 is 0 Å². The van der Waals surface area contributed by atoms with E-state index in [1.807, 2.05) is 0 Å². The summed E-state index contributed by atoms with van der Waals surface area (Å²) in [6, 6.07) is 0. The Morgan fingerprint density at radius 1 is 0.522 bits per heavy atom. The topological polar surface area (TPSA) is 9.23 Å². The predicted molar refractivity (Wildman–Crippen MR) is 109 cm³/mol. The lowest BCUT2D eigenvalue weighted by Gasteiger charge is -2.18. The molecule has 140 valence electrons. The van der Waals surface area contributed by atoms with Gasteiger partial charge in [-0.05, 0) is 31.6 Å². The van der Waals surface area contributed by atoms with Crippen molar-refractivity contribution in [3.63, 3.8) is 0 Å². The molecule has 0 aromatic carbocycles. The lowest BCUT2D eigenvalue weighted by molar-refractivity contribution is 0.173. The summed E-state index contributed by atoms with van der Waals surface area (Å²) in [6.07, 6.45) is 23.5. The van der Waals surface area contributed by atoms with E-state index in [9.17, 15) is 0 Å². The minimum Gasteiger partial charge on any atom is -0.377 e. The van der Waals surface area contributed by atoms with E-state index in [1.54, 1.807) is 0 Å². The summed E-state index contributed by atoms with van der Waals surface area (Å²) in [6.45, 7) is 7.90. The quantitative estimate of drug-likeness (QED) is 0.170. The molecular formula is C21H45OP. The highest BCUT2D eigenvalue weighted by Gasteiger charge is 2.08. The first-order chi connectivity index (χ1) is 11.3. The molecule has 0 aromatic rings. The van der Waals surface area contributed by atoms with E-state index < -0.39 is 0 Å². The highest BCUT2D eigenvalue weighted by molar-refractivity contribution is 7.57. The zero-order valence-electron chi connectivity index (χ0n) is 16.6. The maximum absolute atomic E-state index is 6.05. The molecule has 0 bridgehead atoms. The molecule has 23 heavy (non-hydrogen) atoms. The van der Waals surface area contributed by atoms with Gasteiger partial charge in [0.25, 0.3) is 0 Å². The molecule has 0 saturated carbocycles. The van der Waals surface area contributed by atoms with Crippen LogP contribution in [0.3, 0.4) is 0 Å². The summed E-state index contributed by atoms with van der Waals surface area (Å²) in [5.74, 6) is 0. The Balaban J connectivity index is 3.64. The fourth-order valence-electron chi connectivity index (χ4n) is 2.94. The zero-order valence-corrected chi connectivity index (χ0v) is 17.5. The minimum absolute atomic E-state index is 0.154. The minimum atomic E-state index is 0.154. The van der Waals surface area contributed by atoms with Crippen LogP contribution < -0.4 is 0 Å². The number of hydrogen-bond donors (Lipinski definition) is 0. The van der Waals surface area contributed by atoms with Crippen LogP contribution in [0, 0.1) is 0 Å². The average Bonchev–Trinajstić information content (AvgIpc) is 2.57. The standard InChI is InChI=1S/C21H45OP/c1-4-7-10-13-14-15-18-22-21-23(19-16-11-8-5-2)20-17-12-9-6-3/h4-21H2,1-3H3. The van der Waals surface area contributed by atoms with Crippen LogP contribution in [-0.2, 0) is 4.74 Å². The van der Waals surface area contributed by atoms with Gasteiger partial charge in [0.05, 0.1) is 6.35 Å². The van der Waals surface area contributed by atoms with Crippen molar-refractivity contribution in [3.8, 4) is 0 Å². The van der Waals surface area contributed by atoms with Crippen molar-refractivity contribution in [1.29, 1.82) is 0 Å². The molecule has 0 N–H and O–H groups in total. The van der Waals surface area contributed by atoms with E-state index in [1.165, 1.54) is 102 Å². The van der Waals surface area contributed by atoms with Crippen molar-refractivity contribution in [2.75, 3.05) is 25.3 Å². The molecule has 0 radical (unpaired) electrons. The Labute approximate surface area is 149 Å². The Hall–Kier alpha value is 0.390. The van der Waals surface area contributed by atoms with E-state index in [2.05, 4.69) is 20.8 Å². The number of unbranched alkanes of at least 4 members (excludes halogenated alkanes) is 11. The maximum atomic E-state index is 6.05. The van der Waals surface area contributed by atoms with Crippen LogP contribution in [0.5, 0.6) is 0 Å². The third kappa shape index (κ3) is 18.6. The molecule has 2 heteroatoms. The molecule has 0 saturated heterocycles. The second kappa shape index (κ2) is 20.4. The van der Waals surface area contributed by atoms with Crippen LogP contribution in [0.2, 0.25) is 0 Å². The van der Waals surface area contributed by atoms with Gasteiger partial charge in [0.15, 0.2) is 0 Å². The van der Waals surface area contributed by atoms with Gasteiger partial charge < -0.3 is 4.74 Å². The van der Waals surface area contributed by atoms with Crippen LogP contribution in [0.4, 0.5) is 0 Å². The van der Waals surface area contributed by atoms with Crippen LogP contribution >= 0.6 is 7.92 Å². The molecular weight excluding hydrogens is 299 g/mol. The molecule has 0 rings (SSSR count). The van der Waals surface area contributed by atoms with E-state index >= 15 is 0 Å². The number of ether oxygens (including phenoxy) is 1. The molecule has 0 aromatic heterocycles. The Morgan fingerprint density at radius 3 is 1.48 bits per heavy atom. The maximum Gasteiger partial charge on any atom is 0.0659 e. The fraction of sp³-hybridized carbons (Fsp3) is 1.00. The normalized spacial score (nSPS) is 11.5. The van der Waals surface area contributed by atoms with Gasteiger partial charge in [-0.2, -0.15) is 0 Å². The molecule has 0 atom stereocenters. The van der Waals surface area contributed by atoms with Crippen molar-refractivity contribution in [3.05, 3.63) is 0 Å². The van der Waals surface area contributed by atoms with Gasteiger partial charge in [-0.15, -0.1) is 0 Å². The molecule has 0 heterocycles. The van der Waals surface area contributed by atoms with Crippen LogP contribution in [-0.4, -0.2) is 25.3 Å². The summed E-state index contributed by atoms with van der Waals surface area (Å²) in [4.78, 5) is 0. The Kier molecular flexibility index (Phi) is 20.8. The van der Waals surface area contributed by atoms with E-state index in [0.717, 1.165) is 13.0 Å². The Morgan fingerprint density at radius 2 is 0.957 bits per heavy atom. The highest BCUT2D eigenvalue weighted by Crippen LogP contribution is 2.38. The van der Waals surface area contributed by atoms with E-state index in [0.29, 0.717) is 0 Å². The van der Waals surface area contributed by atoms with Crippen molar-refractivity contribution in [1.82, 2.24) is 0 Å². The van der Waals surface area contributed by atoms with Crippen molar-refractivity contribution in [2.45, 2.75) is 111 Å². The van der Waals surface area contributed by atoms with Crippen molar-refractivity contribution in [2.24, 2.45) is 0 Å². The molecule has 0 aliphatic carbocycles. The smallest absolute Gasteiger partial charge is 0.0659 e. The summed E-state index contributed by atoms with van der Waals surface area (Å²) in [7, 11) is 0.154. The summed E-state index contributed by atoms with van der Waals surface area (Å²) >= 11 is 0. The molecule has 0 aliphatic heterocycles. The molecule has 0 unspecified atom stereocenters. The van der Waals surface area contributed by atoms with Gasteiger partial charge in [0.2, 0.25) is 0 Å². The first-order valence-electron chi connectivity index (χ1n) is 10.6. The third-order valence-electron chi connectivity index (χ3n) is 4.57. The fourth-order valence-corrected chi connectivity index (χ4v) is 5.15. The molecule has 0 spiro atoms. The van der Waals surface area contributed by atoms with Crippen molar-refractivity contribution < 1.29 is 4.74 Å². The largest absolute Gasteiger partial charge is 0.377 e. The van der Waals surface area contributed by atoms with Gasteiger partial charge in [0.1, 0.15) is 0 Å². The van der Waals surface area contributed by atoms with Crippen LogP contribution in [0.15, 0.2) is 0 Å². The number of hydrogen-bond acceptors (Lipinski definition) is 1. The molecule has 0 amide bonds. The van der Waals surface area contributed by atoms with Crippen molar-refractivity contribution >= 4 is 7.92 Å². The number of rotatable bonds is 19. The molecule has 1 nitrogen and oxygen atoms in total. The zero-order chi connectivity index (χ0) is 17.0. The van der Waals surface area contributed by atoms with Crippen LogP contribution in [0.25, 0.3) is 0 Å². The second-order valence-corrected chi connectivity index (χ2v) is 9.54. The van der Waals surface area contributed by atoms with E-state index in [4.69, 9.17) is 4.74 Å². The Bertz CT molecular complexity index is 196. The first kappa shape index (κ1) is 23.4. The van der Waals surface area contributed by atoms with Crippen LogP contribution in [0.1, 0.15) is 111 Å². The van der Waals surface area contributed by atoms with Gasteiger partial charge in [-0.3, -0.25) is 0 Å². The summed E-state index contributed by atoms with van der Waals surface area (Å²) < 4.78 is 6.05. The monoisotopic (exact) mass is 344 g/mol. The lowest BCUT2D eigenvalue weighted by Crippen LogP contribution is -2.02. The van der Waals surface area contributed by atoms with Gasteiger partial charge in [-0.1, -0.05) is 99.3 Å². The second-order valence-electron chi connectivity index (χ2n) is 7.04. The third-order valence-corrected chi connectivity index (χ3v) is 7.02. The highest BCUT2D eigenvalue weighted by atomic mass is 31.1. The molecule has 0 fully saturated rings. The van der Waals surface area contributed by atoms with Gasteiger partial charge in [0, 0.05) is 6.61 Å². The predicted octanol–water partition coefficient (Wildman–Crippen LogP) is 7.96. The summed E-state index contributed by atoms with van der Waals surface area (Å²) in [5.41, 5.74) is 0. The SMILES string of the molecule is CCCCCCCCOCP(CCCCCC)CCCCCC. The summed E-state index contributed by atoms with van der Waals surface area (Å²) in [5, 5.41) is 0. The van der Waals surface area contributed by atoms with E-state index in [-0.39, 0.29) is 7.92 Å².